The van der Waals surface area contributed by atoms with Crippen molar-refractivity contribution in [3.63, 3.8) is 0 Å². The lowest BCUT2D eigenvalue weighted by molar-refractivity contribution is -0.165. The van der Waals surface area contributed by atoms with Crippen LogP contribution in [-0.4, -0.2) is 42.0 Å². The van der Waals surface area contributed by atoms with Crippen LogP contribution in [0, 0.1) is 0 Å². The van der Waals surface area contributed by atoms with Crippen LogP contribution in [0.3, 0.4) is 0 Å². The van der Waals surface area contributed by atoms with Crippen LogP contribution < -0.4 is 10.6 Å². The first-order valence-electron chi connectivity index (χ1n) is 5.19. The quantitative estimate of drug-likeness (QED) is 0.587. The minimum Gasteiger partial charge on any atom is -0.388 e. The molecule has 5 heteroatoms. The molecule has 0 unspecified atom stereocenters. The molecule has 1 aliphatic heterocycles. The van der Waals surface area contributed by atoms with Crippen LogP contribution in [0.4, 0.5) is 0 Å². The van der Waals surface area contributed by atoms with E-state index in [-0.39, 0.29) is 18.1 Å². The molecule has 1 saturated heterocycles. The lowest BCUT2D eigenvalue weighted by Gasteiger charge is -2.44. The van der Waals surface area contributed by atoms with Crippen molar-refractivity contribution in [2.45, 2.75) is 51.2 Å². The van der Waals surface area contributed by atoms with Gasteiger partial charge in [-0.15, -0.1) is 0 Å². The predicted molar refractivity (Wildman–Crippen MR) is 56.2 cm³/mol. The van der Waals surface area contributed by atoms with E-state index in [1.807, 2.05) is 6.92 Å². The van der Waals surface area contributed by atoms with Gasteiger partial charge in [-0.2, -0.15) is 0 Å². The lowest BCUT2D eigenvalue weighted by Crippen LogP contribution is -2.62. The van der Waals surface area contributed by atoms with Crippen molar-refractivity contribution < 1.29 is 14.6 Å². The van der Waals surface area contributed by atoms with E-state index in [0.717, 1.165) is 0 Å². The van der Waals surface area contributed by atoms with Crippen molar-refractivity contribution in [1.82, 2.24) is 10.6 Å². The highest BCUT2D eigenvalue weighted by Crippen LogP contribution is 2.27. The highest BCUT2D eigenvalue weighted by molar-refractivity contribution is 5.73. The van der Waals surface area contributed by atoms with Gasteiger partial charge in [0.15, 0.2) is 0 Å². The number of ether oxygens (including phenoxy) is 1. The zero-order chi connectivity index (χ0) is 11.6. The van der Waals surface area contributed by atoms with Gasteiger partial charge >= 0.3 is 0 Å². The SMILES string of the molecule is CN[C@@H]1[C@H](C)O[C@@H](NC(C)=O)C[C@]1(C)O. The van der Waals surface area contributed by atoms with Gasteiger partial charge in [-0.3, -0.25) is 4.79 Å². The van der Waals surface area contributed by atoms with Crippen molar-refractivity contribution in [3.8, 4) is 0 Å². The number of hydrogen-bond acceptors (Lipinski definition) is 4. The molecule has 1 heterocycles. The highest BCUT2D eigenvalue weighted by Gasteiger charge is 2.43. The summed E-state index contributed by atoms with van der Waals surface area (Å²) in [6, 6.07) is -0.123. The van der Waals surface area contributed by atoms with Crippen molar-refractivity contribution in [2.24, 2.45) is 0 Å². The Hall–Kier alpha value is -0.650. The van der Waals surface area contributed by atoms with E-state index < -0.39 is 11.8 Å². The fourth-order valence-corrected chi connectivity index (χ4v) is 2.25. The summed E-state index contributed by atoms with van der Waals surface area (Å²) in [4.78, 5) is 10.9. The van der Waals surface area contributed by atoms with Gasteiger partial charge in [-0.1, -0.05) is 0 Å². The molecule has 15 heavy (non-hydrogen) atoms. The summed E-state index contributed by atoms with van der Waals surface area (Å²) < 4.78 is 5.58. The molecule has 4 atom stereocenters. The molecule has 1 fully saturated rings. The summed E-state index contributed by atoms with van der Waals surface area (Å²) in [5.74, 6) is -0.147. The second kappa shape index (κ2) is 4.47. The molecule has 0 bridgehead atoms. The second-order valence-corrected chi connectivity index (χ2v) is 4.36. The van der Waals surface area contributed by atoms with E-state index in [1.165, 1.54) is 6.92 Å². The molecular weight excluding hydrogens is 196 g/mol. The zero-order valence-electron chi connectivity index (χ0n) is 9.70. The van der Waals surface area contributed by atoms with Gasteiger partial charge < -0.3 is 20.5 Å². The average molecular weight is 216 g/mol. The smallest absolute Gasteiger partial charge is 0.218 e. The van der Waals surface area contributed by atoms with Crippen LogP contribution in [0.1, 0.15) is 27.2 Å². The summed E-state index contributed by atoms with van der Waals surface area (Å²) in [6.07, 6.45) is -0.157. The van der Waals surface area contributed by atoms with Gasteiger partial charge in [-0.25, -0.2) is 0 Å². The van der Waals surface area contributed by atoms with E-state index in [2.05, 4.69) is 10.6 Å². The Morgan fingerprint density at radius 3 is 2.60 bits per heavy atom. The Bertz CT molecular complexity index is 243. The second-order valence-electron chi connectivity index (χ2n) is 4.36. The Labute approximate surface area is 90.2 Å². The first-order chi connectivity index (χ1) is 6.86. The first kappa shape index (κ1) is 12.4. The molecule has 1 aliphatic rings. The van der Waals surface area contributed by atoms with E-state index in [1.54, 1.807) is 14.0 Å². The lowest BCUT2D eigenvalue weighted by atomic mass is 9.86. The van der Waals surface area contributed by atoms with Gasteiger partial charge in [0.2, 0.25) is 5.91 Å². The Morgan fingerprint density at radius 1 is 1.60 bits per heavy atom. The summed E-state index contributed by atoms with van der Waals surface area (Å²) in [5, 5.41) is 15.9. The maximum absolute atomic E-state index is 10.9. The maximum atomic E-state index is 10.9. The average Bonchev–Trinajstić information content (AvgIpc) is 1.99. The molecule has 0 saturated carbocycles. The first-order valence-corrected chi connectivity index (χ1v) is 5.19. The third-order valence-corrected chi connectivity index (χ3v) is 2.79. The Morgan fingerprint density at radius 2 is 2.20 bits per heavy atom. The standard InChI is InChI=1S/C10H20N2O3/c1-6-9(11-4)10(3,14)5-8(15-6)12-7(2)13/h6,8-9,11,14H,5H2,1-4H3,(H,12,13)/t6-,8+,9+,10-/m0/s1. The number of hydrogen-bond donors (Lipinski definition) is 3. The zero-order valence-corrected chi connectivity index (χ0v) is 9.70. The van der Waals surface area contributed by atoms with Crippen LogP contribution in [0.2, 0.25) is 0 Å². The molecule has 0 aromatic heterocycles. The fourth-order valence-electron chi connectivity index (χ4n) is 2.25. The van der Waals surface area contributed by atoms with Crippen LogP contribution in [0.15, 0.2) is 0 Å². The Balaban J connectivity index is 2.68. The van der Waals surface area contributed by atoms with Crippen LogP contribution in [-0.2, 0) is 9.53 Å². The van der Waals surface area contributed by atoms with Crippen LogP contribution >= 0.6 is 0 Å². The van der Waals surface area contributed by atoms with Gasteiger partial charge in [0, 0.05) is 13.3 Å². The third kappa shape index (κ3) is 2.90. The van der Waals surface area contributed by atoms with Gasteiger partial charge in [0.25, 0.3) is 0 Å². The molecule has 88 valence electrons. The summed E-state index contributed by atoms with van der Waals surface area (Å²) in [7, 11) is 1.79. The van der Waals surface area contributed by atoms with Gasteiger partial charge in [0.05, 0.1) is 17.7 Å². The molecule has 0 aliphatic carbocycles. The molecule has 0 radical (unpaired) electrons. The van der Waals surface area contributed by atoms with Crippen molar-refractivity contribution in [2.75, 3.05) is 7.05 Å². The van der Waals surface area contributed by atoms with E-state index >= 15 is 0 Å². The number of carbonyl (C=O) groups is 1. The van der Waals surface area contributed by atoms with E-state index in [0.29, 0.717) is 6.42 Å². The van der Waals surface area contributed by atoms with E-state index in [9.17, 15) is 9.90 Å². The molecule has 3 N–H and O–H groups in total. The minimum atomic E-state index is -0.875. The third-order valence-electron chi connectivity index (χ3n) is 2.79. The monoisotopic (exact) mass is 216 g/mol. The largest absolute Gasteiger partial charge is 0.388 e. The highest BCUT2D eigenvalue weighted by atomic mass is 16.5. The predicted octanol–water partition coefficient (Wildman–Crippen LogP) is -0.404. The topological polar surface area (TPSA) is 70.6 Å². The number of amides is 1. The Kier molecular flexibility index (Phi) is 3.70. The fraction of sp³-hybridized carbons (Fsp3) is 0.900. The van der Waals surface area contributed by atoms with Crippen molar-refractivity contribution in [3.05, 3.63) is 0 Å². The maximum Gasteiger partial charge on any atom is 0.218 e. The number of likely N-dealkylation sites (N-methyl/N-ethyl adjacent to an activating group) is 1. The molecule has 0 aromatic carbocycles. The normalized spacial score (nSPS) is 41.3. The van der Waals surface area contributed by atoms with Gasteiger partial charge in [-0.05, 0) is 20.9 Å². The molecular formula is C10H20N2O3. The molecule has 0 spiro atoms. The minimum absolute atomic E-state index is 0.123. The summed E-state index contributed by atoms with van der Waals surface area (Å²) in [6.45, 7) is 5.07. The molecule has 1 rings (SSSR count). The van der Waals surface area contributed by atoms with E-state index in [4.69, 9.17) is 4.74 Å². The van der Waals surface area contributed by atoms with Crippen molar-refractivity contribution >= 4 is 5.91 Å². The number of rotatable bonds is 2. The molecule has 0 aromatic rings. The number of nitrogens with one attached hydrogen (secondary N) is 2. The number of carbonyl (C=O) groups excluding carboxylic acids is 1. The summed E-state index contributed by atoms with van der Waals surface area (Å²) in [5.41, 5.74) is -0.875. The van der Waals surface area contributed by atoms with Crippen molar-refractivity contribution in [1.29, 1.82) is 0 Å². The van der Waals surface area contributed by atoms with Crippen LogP contribution in [0.5, 0.6) is 0 Å². The van der Waals surface area contributed by atoms with Gasteiger partial charge in [0.1, 0.15) is 6.23 Å². The summed E-state index contributed by atoms with van der Waals surface area (Å²) >= 11 is 0. The molecule has 5 nitrogen and oxygen atoms in total. The molecule has 1 amide bonds. The van der Waals surface area contributed by atoms with Crippen LogP contribution in [0.25, 0.3) is 0 Å². The number of aliphatic hydroxyl groups is 1.